The van der Waals surface area contributed by atoms with Gasteiger partial charge in [-0.3, -0.25) is 4.79 Å². The maximum atomic E-state index is 12.3. The molecular weight excluding hydrogens is 354 g/mol. The molecule has 150 valence electrons. The SMILES string of the molecule is CNC(=O)C(NOC)c1cccc(C)c1CO/N=C(\C)c1c(C)cccc1C. The standard InChI is InChI=1S/C22H29N3O3/c1-14-9-8-12-18(21(25-27-6)22(26)23-5)19(14)13-28-24-17(4)20-15(2)10-7-11-16(20)3/h7-12,21,25H,13H2,1-6H3,(H,23,26)/b24-17+. The van der Waals surface area contributed by atoms with Gasteiger partial charge in [-0.1, -0.05) is 41.6 Å². The number of oxime groups is 1. The molecule has 6 heteroatoms. The summed E-state index contributed by atoms with van der Waals surface area (Å²) in [7, 11) is 3.08. The van der Waals surface area contributed by atoms with Gasteiger partial charge in [-0.15, -0.1) is 0 Å². The molecule has 0 aliphatic carbocycles. The van der Waals surface area contributed by atoms with E-state index in [0.29, 0.717) is 0 Å². The Morgan fingerprint density at radius 3 is 2.29 bits per heavy atom. The van der Waals surface area contributed by atoms with Gasteiger partial charge in [-0.2, -0.15) is 5.48 Å². The number of carbonyl (C=O) groups excluding carboxylic acids is 1. The molecule has 0 fully saturated rings. The van der Waals surface area contributed by atoms with Crippen molar-refractivity contribution in [3.8, 4) is 0 Å². The highest BCUT2D eigenvalue weighted by Gasteiger charge is 2.23. The van der Waals surface area contributed by atoms with Crippen LogP contribution in [0.4, 0.5) is 0 Å². The molecule has 6 nitrogen and oxygen atoms in total. The van der Waals surface area contributed by atoms with Gasteiger partial charge in [-0.25, -0.2) is 0 Å². The fraction of sp³-hybridized carbons (Fsp3) is 0.364. The van der Waals surface area contributed by atoms with Gasteiger partial charge >= 0.3 is 0 Å². The van der Waals surface area contributed by atoms with Crippen molar-refractivity contribution in [3.05, 3.63) is 69.8 Å². The zero-order chi connectivity index (χ0) is 20.7. The van der Waals surface area contributed by atoms with Crippen molar-refractivity contribution < 1.29 is 14.5 Å². The van der Waals surface area contributed by atoms with E-state index in [9.17, 15) is 4.79 Å². The van der Waals surface area contributed by atoms with E-state index >= 15 is 0 Å². The number of benzene rings is 2. The molecule has 0 heterocycles. The third-order valence-corrected chi connectivity index (χ3v) is 4.76. The van der Waals surface area contributed by atoms with Gasteiger partial charge in [0.05, 0.1) is 12.8 Å². The Balaban J connectivity index is 2.28. The predicted octanol–water partition coefficient (Wildman–Crippen LogP) is 3.49. The van der Waals surface area contributed by atoms with Crippen LogP contribution < -0.4 is 10.8 Å². The lowest BCUT2D eigenvalue weighted by Crippen LogP contribution is -2.36. The molecule has 2 rings (SSSR count). The van der Waals surface area contributed by atoms with Gasteiger partial charge in [-0.05, 0) is 49.9 Å². The number of amides is 1. The summed E-state index contributed by atoms with van der Waals surface area (Å²) in [6.45, 7) is 8.30. The Kier molecular flexibility index (Phi) is 7.72. The van der Waals surface area contributed by atoms with Crippen LogP contribution in [0.5, 0.6) is 0 Å². The first kappa shape index (κ1) is 21.6. The number of hydrogen-bond donors (Lipinski definition) is 2. The van der Waals surface area contributed by atoms with Crippen LogP contribution in [0.15, 0.2) is 41.6 Å². The minimum atomic E-state index is -0.641. The number of aryl methyl sites for hydroxylation is 3. The molecule has 0 saturated carbocycles. The highest BCUT2D eigenvalue weighted by molar-refractivity contribution is 6.00. The van der Waals surface area contributed by atoms with Gasteiger partial charge in [0.1, 0.15) is 12.6 Å². The van der Waals surface area contributed by atoms with Crippen molar-refractivity contribution in [1.82, 2.24) is 10.8 Å². The van der Waals surface area contributed by atoms with E-state index in [4.69, 9.17) is 9.68 Å². The molecule has 2 aromatic carbocycles. The Hall–Kier alpha value is -2.70. The molecule has 0 saturated heterocycles. The number of hydroxylamine groups is 1. The quantitative estimate of drug-likeness (QED) is 0.541. The molecule has 0 aliphatic heterocycles. The Labute approximate surface area is 166 Å². The first-order valence-corrected chi connectivity index (χ1v) is 9.22. The van der Waals surface area contributed by atoms with E-state index in [0.717, 1.165) is 39.1 Å². The summed E-state index contributed by atoms with van der Waals surface area (Å²) in [5, 5.41) is 6.98. The Morgan fingerprint density at radius 2 is 1.68 bits per heavy atom. The zero-order valence-electron chi connectivity index (χ0n) is 17.4. The van der Waals surface area contributed by atoms with Crippen molar-refractivity contribution in [2.75, 3.05) is 14.2 Å². The van der Waals surface area contributed by atoms with Gasteiger partial charge in [0.25, 0.3) is 0 Å². The average Bonchev–Trinajstić information content (AvgIpc) is 2.66. The largest absolute Gasteiger partial charge is 0.391 e. The van der Waals surface area contributed by atoms with Crippen LogP contribution in [-0.4, -0.2) is 25.8 Å². The van der Waals surface area contributed by atoms with Crippen LogP contribution in [0, 0.1) is 20.8 Å². The van der Waals surface area contributed by atoms with Crippen molar-refractivity contribution >= 4 is 11.6 Å². The second kappa shape index (κ2) is 10.0. The third-order valence-electron chi connectivity index (χ3n) is 4.76. The summed E-state index contributed by atoms with van der Waals surface area (Å²) in [5.74, 6) is -0.191. The molecule has 1 amide bonds. The van der Waals surface area contributed by atoms with Crippen LogP contribution >= 0.6 is 0 Å². The van der Waals surface area contributed by atoms with E-state index in [1.54, 1.807) is 7.05 Å². The highest BCUT2D eigenvalue weighted by Crippen LogP contribution is 2.23. The second-order valence-electron chi connectivity index (χ2n) is 6.73. The lowest BCUT2D eigenvalue weighted by Gasteiger charge is -2.20. The van der Waals surface area contributed by atoms with Crippen molar-refractivity contribution in [1.29, 1.82) is 0 Å². The van der Waals surface area contributed by atoms with E-state index in [-0.39, 0.29) is 12.5 Å². The first-order chi connectivity index (χ1) is 13.4. The van der Waals surface area contributed by atoms with Crippen molar-refractivity contribution in [3.63, 3.8) is 0 Å². The Morgan fingerprint density at radius 1 is 1.07 bits per heavy atom. The Bertz CT molecular complexity index is 842. The number of carbonyl (C=O) groups is 1. The molecule has 0 spiro atoms. The number of likely N-dealkylation sites (N-methyl/N-ethyl adjacent to an activating group) is 1. The molecule has 2 aromatic rings. The van der Waals surface area contributed by atoms with Crippen LogP contribution in [0.3, 0.4) is 0 Å². The van der Waals surface area contributed by atoms with E-state index in [1.165, 1.54) is 7.11 Å². The van der Waals surface area contributed by atoms with Gasteiger partial charge in [0.15, 0.2) is 0 Å². The molecule has 1 atom stereocenters. The van der Waals surface area contributed by atoms with E-state index in [2.05, 4.69) is 41.9 Å². The predicted molar refractivity (Wildman–Crippen MR) is 111 cm³/mol. The van der Waals surface area contributed by atoms with Gasteiger partial charge in [0.2, 0.25) is 5.91 Å². The molecular formula is C22H29N3O3. The number of nitrogens with one attached hydrogen (secondary N) is 2. The fourth-order valence-corrected chi connectivity index (χ4v) is 3.34. The zero-order valence-corrected chi connectivity index (χ0v) is 17.4. The summed E-state index contributed by atoms with van der Waals surface area (Å²) < 4.78 is 0. The topological polar surface area (TPSA) is 72.0 Å². The average molecular weight is 383 g/mol. The normalized spacial score (nSPS) is 12.6. The summed E-state index contributed by atoms with van der Waals surface area (Å²) in [6.07, 6.45) is 0. The molecule has 0 aliphatic rings. The highest BCUT2D eigenvalue weighted by atomic mass is 16.6. The monoisotopic (exact) mass is 383 g/mol. The second-order valence-corrected chi connectivity index (χ2v) is 6.73. The summed E-state index contributed by atoms with van der Waals surface area (Å²) in [4.78, 5) is 23.0. The molecule has 0 radical (unpaired) electrons. The fourth-order valence-electron chi connectivity index (χ4n) is 3.34. The molecule has 2 N–H and O–H groups in total. The lowest BCUT2D eigenvalue weighted by molar-refractivity contribution is -0.126. The van der Waals surface area contributed by atoms with Crippen LogP contribution in [0.25, 0.3) is 0 Å². The maximum Gasteiger partial charge on any atom is 0.243 e. The van der Waals surface area contributed by atoms with Crippen LogP contribution in [-0.2, 0) is 21.1 Å². The van der Waals surface area contributed by atoms with E-state index in [1.807, 2.05) is 38.1 Å². The summed E-state index contributed by atoms with van der Waals surface area (Å²) >= 11 is 0. The third kappa shape index (κ3) is 4.97. The molecule has 0 aromatic heterocycles. The first-order valence-electron chi connectivity index (χ1n) is 9.22. The summed E-state index contributed by atoms with van der Waals surface area (Å²) in [6, 6.07) is 11.3. The number of rotatable bonds is 8. The minimum absolute atomic E-state index is 0.191. The van der Waals surface area contributed by atoms with Gasteiger partial charge in [0, 0.05) is 18.2 Å². The van der Waals surface area contributed by atoms with Crippen molar-refractivity contribution in [2.24, 2.45) is 5.16 Å². The number of nitrogens with zero attached hydrogens (tertiary/aromatic N) is 1. The molecule has 28 heavy (non-hydrogen) atoms. The molecule has 0 bridgehead atoms. The van der Waals surface area contributed by atoms with Crippen LogP contribution in [0.2, 0.25) is 0 Å². The number of hydrogen-bond acceptors (Lipinski definition) is 5. The maximum absolute atomic E-state index is 12.3. The summed E-state index contributed by atoms with van der Waals surface area (Å²) in [5.41, 5.74) is 9.70. The smallest absolute Gasteiger partial charge is 0.243 e. The minimum Gasteiger partial charge on any atom is -0.391 e. The lowest BCUT2D eigenvalue weighted by atomic mass is 9.96. The van der Waals surface area contributed by atoms with Crippen molar-refractivity contribution in [2.45, 2.75) is 40.3 Å². The molecule has 1 unspecified atom stereocenters. The van der Waals surface area contributed by atoms with Gasteiger partial charge < -0.3 is 15.0 Å². The van der Waals surface area contributed by atoms with Crippen LogP contribution in [0.1, 0.15) is 46.3 Å². The van der Waals surface area contributed by atoms with E-state index < -0.39 is 6.04 Å².